The molecule has 0 radical (unpaired) electrons. The standard InChI is InChI=1S/C12H10Br2N2O2/c1-17-11-5-3-9(15)12(16-11)18-10-4-2-7(13)6-8(10)14/h2-6H,15H2,1H3. The molecule has 0 saturated carbocycles. The van der Waals surface area contributed by atoms with E-state index < -0.39 is 0 Å². The summed E-state index contributed by atoms with van der Waals surface area (Å²) in [6, 6.07) is 8.93. The SMILES string of the molecule is COc1ccc(N)c(Oc2ccc(Br)cc2Br)n1. The van der Waals surface area contributed by atoms with E-state index >= 15 is 0 Å². The summed E-state index contributed by atoms with van der Waals surface area (Å²) in [6.45, 7) is 0. The van der Waals surface area contributed by atoms with Crippen molar-refractivity contribution in [1.82, 2.24) is 4.98 Å². The van der Waals surface area contributed by atoms with Crippen molar-refractivity contribution in [2.75, 3.05) is 12.8 Å². The van der Waals surface area contributed by atoms with Gasteiger partial charge in [0.05, 0.1) is 17.3 Å². The highest BCUT2D eigenvalue weighted by Gasteiger charge is 2.09. The van der Waals surface area contributed by atoms with Crippen molar-refractivity contribution in [3.05, 3.63) is 39.3 Å². The van der Waals surface area contributed by atoms with Crippen LogP contribution < -0.4 is 15.2 Å². The Morgan fingerprint density at radius 3 is 2.61 bits per heavy atom. The summed E-state index contributed by atoms with van der Waals surface area (Å²) in [7, 11) is 1.54. The lowest BCUT2D eigenvalue weighted by Crippen LogP contribution is -1.97. The van der Waals surface area contributed by atoms with Crippen molar-refractivity contribution in [1.29, 1.82) is 0 Å². The van der Waals surface area contributed by atoms with Crippen LogP contribution in [0.15, 0.2) is 39.3 Å². The van der Waals surface area contributed by atoms with Crippen LogP contribution in [0.3, 0.4) is 0 Å². The average Bonchev–Trinajstić information content (AvgIpc) is 2.35. The minimum atomic E-state index is 0.317. The van der Waals surface area contributed by atoms with E-state index in [1.54, 1.807) is 12.1 Å². The molecule has 18 heavy (non-hydrogen) atoms. The van der Waals surface area contributed by atoms with Crippen molar-refractivity contribution in [3.63, 3.8) is 0 Å². The Kier molecular flexibility index (Phi) is 4.08. The molecule has 1 aromatic carbocycles. The van der Waals surface area contributed by atoms with Gasteiger partial charge in [-0.2, -0.15) is 4.98 Å². The Morgan fingerprint density at radius 2 is 1.94 bits per heavy atom. The zero-order chi connectivity index (χ0) is 13.1. The molecule has 0 aliphatic rings. The molecule has 2 N–H and O–H groups in total. The number of benzene rings is 1. The van der Waals surface area contributed by atoms with Crippen LogP contribution in [0, 0.1) is 0 Å². The second-order valence-electron chi connectivity index (χ2n) is 3.42. The van der Waals surface area contributed by atoms with Gasteiger partial charge in [0.2, 0.25) is 11.8 Å². The summed E-state index contributed by atoms with van der Waals surface area (Å²) >= 11 is 6.78. The first-order valence-electron chi connectivity index (χ1n) is 5.03. The normalized spacial score (nSPS) is 10.2. The number of hydrogen-bond acceptors (Lipinski definition) is 4. The van der Waals surface area contributed by atoms with Crippen LogP contribution in [0.1, 0.15) is 0 Å². The largest absolute Gasteiger partial charge is 0.481 e. The van der Waals surface area contributed by atoms with Gasteiger partial charge in [0.1, 0.15) is 5.75 Å². The molecule has 6 heteroatoms. The van der Waals surface area contributed by atoms with E-state index in [1.807, 2.05) is 18.2 Å². The van der Waals surface area contributed by atoms with Gasteiger partial charge in [0.15, 0.2) is 0 Å². The maximum Gasteiger partial charge on any atom is 0.246 e. The van der Waals surface area contributed by atoms with Gasteiger partial charge in [-0.05, 0) is 40.2 Å². The van der Waals surface area contributed by atoms with E-state index in [9.17, 15) is 0 Å². The van der Waals surface area contributed by atoms with Gasteiger partial charge in [-0.3, -0.25) is 0 Å². The smallest absolute Gasteiger partial charge is 0.246 e. The highest BCUT2D eigenvalue weighted by atomic mass is 79.9. The molecule has 1 aromatic heterocycles. The van der Waals surface area contributed by atoms with Crippen LogP contribution in [0.5, 0.6) is 17.5 Å². The first kappa shape index (κ1) is 13.2. The maximum absolute atomic E-state index is 5.80. The quantitative estimate of drug-likeness (QED) is 0.883. The summed E-state index contributed by atoms with van der Waals surface area (Å²) in [5.41, 5.74) is 6.25. The van der Waals surface area contributed by atoms with E-state index in [0.29, 0.717) is 23.2 Å². The van der Waals surface area contributed by atoms with Crippen LogP contribution in [0.4, 0.5) is 5.69 Å². The molecule has 2 aromatic rings. The third kappa shape index (κ3) is 2.94. The van der Waals surface area contributed by atoms with Crippen LogP contribution in [-0.4, -0.2) is 12.1 Å². The molecule has 0 fully saturated rings. The second-order valence-corrected chi connectivity index (χ2v) is 5.19. The third-order valence-corrected chi connectivity index (χ3v) is 3.29. The molecular formula is C12H10Br2N2O2. The summed E-state index contributed by atoms with van der Waals surface area (Å²) in [5.74, 6) is 1.40. The number of hydrogen-bond donors (Lipinski definition) is 1. The number of anilines is 1. The number of halogens is 2. The number of nitrogens with two attached hydrogens (primary N) is 1. The van der Waals surface area contributed by atoms with E-state index in [1.165, 1.54) is 7.11 Å². The van der Waals surface area contributed by atoms with Gasteiger partial charge in [-0.1, -0.05) is 15.9 Å². The summed E-state index contributed by atoms with van der Waals surface area (Å²) in [4.78, 5) is 4.15. The van der Waals surface area contributed by atoms with Crippen LogP contribution >= 0.6 is 31.9 Å². The molecular weight excluding hydrogens is 364 g/mol. The first-order chi connectivity index (χ1) is 8.60. The Balaban J connectivity index is 2.33. The van der Waals surface area contributed by atoms with Crippen molar-refractivity contribution in [3.8, 4) is 17.5 Å². The lowest BCUT2D eigenvalue weighted by atomic mass is 10.3. The Hall–Kier alpha value is -1.27. The summed E-state index contributed by atoms with van der Waals surface area (Å²) in [6.07, 6.45) is 0. The van der Waals surface area contributed by atoms with E-state index in [-0.39, 0.29) is 0 Å². The predicted octanol–water partition coefficient (Wildman–Crippen LogP) is 3.99. The van der Waals surface area contributed by atoms with E-state index in [2.05, 4.69) is 36.8 Å². The number of rotatable bonds is 3. The summed E-state index contributed by atoms with van der Waals surface area (Å²) in [5, 5.41) is 0. The van der Waals surface area contributed by atoms with E-state index in [4.69, 9.17) is 15.2 Å². The highest BCUT2D eigenvalue weighted by molar-refractivity contribution is 9.11. The molecule has 2 rings (SSSR count). The van der Waals surface area contributed by atoms with Gasteiger partial charge in [0.25, 0.3) is 0 Å². The fourth-order valence-corrected chi connectivity index (χ4v) is 2.42. The Bertz CT molecular complexity index is 576. The minimum absolute atomic E-state index is 0.317. The number of nitrogens with zero attached hydrogens (tertiary/aromatic N) is 1. The molecule has 0 atom stereocenters. The molecule has 0 spiro atoms. The number of nitrogen functional groups attached to an aromatic ring is 1. The molecule has 0 aliphatic carbocycles. The number of methoxy groups -OCH3 is 1. The van der Waals surface area contributed by atoms with Crippen LogP contribution in [-0.2, 0) is 0 Å². The molecule has 0 amide bonds. The highest BCUT2D eigenvalue weighted by Crippen LogP contribution is 2.34. The van der Waals surface area contributed by atoms with Gasteiger partial charge in [-0.15, -0.1) is 0 Å². The Labute approximate surface area is 121 Å². The minimum Gasteiger partial charge on any atom is -0.481 e. The molecule has 1 heterocycles. The van der Waals surface area contributed by atoms with Crippen LogP contribution in [0.2, 0.25) is 0 Å². The molecule has 0 saturated heterocycles. The Morgan fingerprint density at radius 1 is 1.17 bits per heavy atom. The van der Waals surface area contributed by atoms with Gasteiger partial charge in [-0.25, -0.2) is 0 Å². The monoisotopic (exact) mass is 372 g/mol. The zero-order valence-corrected chi connectivity index (χ0v) is 12.7. The third-order valence-electron chi connectivity index (χ3n) is 2.17. The van der Waals surface area contributed by atoms with Crippen molar-refractivity contribution >= 4 is 37.5 Å². The topological polar surface area (TPSA) is 57.4 Å². The first-order valence-corrected chi connectivity index (χ1v) is 6.62. The average molecular weight is 374 g/mol. The molecule has 0 unspecified atom stereocenters. The van der Waals surface area contributed by atoms with Crippen LogP contribution in [0.25, 0.3) is 0 Å². The van der Waals surface area contributed by atoms with Crippen molar-refractivity contribution in [2.24, 2.45) is 0 Å². The zero-order valence-electron chi connectivity index (χ0n) is 9.48. The van der Waals surface area contributed by atoms with Gasteiger partial charge >= 0.3 is 0 Å². The lowest BCUT2D eigenvalue weighted by Gasteiger charge is -2.10. The molecule has 4 nitrogen and oxygen atoms in total. The molecule has 0 bridgehead atoms. The molecule has 0 aliphatic heterocycles. The van der Waals surface area contributed by atoms with Crippen molar-refractivity contribution < 1.29 is 9.47 Å². The lowest BCUT2D eigenvalue weighted by molar-refractivity contribution is 0.384. The number of aromatic nitrogens is 1. The predicted molar refractivity (Wildman–Crippen MR) is 77.1 cm³/mol. The second kappa shape index (κ2) is 5.58. The fraction of sp³-hybridized carbons (Fsp3) is 0.0833. The van der Waals surface area contributed by atoms with Gasteiger partial charge in [0, 0.05) is 10.5 Å². The summed E-state index contributed by atoms with van der Waals surface area (Å²) < 4.78 is 12.4. The van der Waals surface area contributed by atoms with E-state index in [0.717, 1.165) is 8.95 Å². The van der Waals surface area contributed by atoms with Crippen molar-refractivity contribution in [2.45, 2.75) is 0 Å². The fourth-order valence-electron chi connectivity index (χ4n) is 1.29. The molecule has 94 valence electrons. The number of pyridine rings is 1. The van der Waals surface area contributed by atoms with Gasteiger partial charge < -0.3 is 15.2 Å². The number of ether oxygens (including phenoxy) is 2. The maximum atomic E-state index is 5.80.